The Kier molecular flexibility index (Phi) is 5.36. The van der Waals surface area contributed by atoms with Crippen LogP contribution in [0.5, 0.6) is 0 Å². The van der Waals surface area contributed by atoms with Gasteiger partial charge in [0.2, 0.25) is 0 Å². The number of nitrogens with two attached hydrogens (primary N) is 1. The zero-order valence-electron chi connectivity index (χ0n) is 18.0. The molecule has 0 radical (unpaired) electrons. The summed E-state index contributed by atoms with van der Waals surface area (Å²) >= 11 is 0. The quantitative estimate of drug-likeness (QED) is 0.266. The molecule has 0 aliphatic carbocycles. The molecule has 33 heavy (non-hydrogen) atoms. The SMILES string of the molecule is N=Cc1cc(Nc2ccnc3[nH]c(C4=CCN(C(=O)c5ccccc5)CC4)cc23)ccc1N. The Morgan fingerprint density at radius 3 is 2.76 bits per heavy atom. The molecule has 164 valence electrons. The second kappa shape index (κ2) is 8.63. The molecule has 5 rings (SSSR count). The fourth-order valence-electron chi connectivity index (χ4n) is 4.10. The predicted octanol–water partition coefficient (Wildman–Crippen LogP) is 4.82. The maximum Gasteiger partial charge on any atom is 0.254 e. The molecule has 1 aliphatic heterocycles. The van der Waals surface area contributed by atoms with E-state index in [0.717, 1.165) is 34.5 Å². The summed E-state index contributed by atoms with van der Waals surface area (Å²) in [4.78, 5) is 22.5. The number of aromatic nitrogens is 2. The minimum atomic E-state index is 0.0588. The molecule has 3 heterocycles. The summed E-state index contributed by atoms with van der Waals surface area (Å²) in [5.74, 6) is 0.0588. The van der Waals surface area contributed by atoms with Gasteiger partial charge in [-0.2, -0.15) is 0 Å². The van der Waals surface area contributed by atoms with Crippen LogP contribution in [0.3, 0.4) is 0 Å². The van der Waals surface area contributed by atoms with Gasteiger partial charge in [0.05, 0.1) is 5.69 Å². The molecule has 0 atom stereocenters. The lowest BCUT2D eigenvalue weighted by atomic mass is 10.0. The Morgan fingerprint density at radius 2 is 2.00 bits per heavy atom. The molecule has 0 spiro atoms. The van der Waals surface area contributed by atoms with Crippen molar-refractivity contribution in [2.45, 2.75) is 6.42 Å². The monoisotopic (exact) mass is 436 g/mol. The lowest BCUT2D eigenvalue weighted by Gasteiger charge is -2.26. The molecule has 0 fully saturated rings. The summed E-state index contributed by atoms with van der Waals surface area (Å²) in [6.07, 6.45) is 5.89. The highest BCUT2D eigenvalue weighted by molar-refractivity contribution is 5.96. The van der Waals surface area contributed by atoms with Gasteiger partial charge in [-0.1, -0.05) is 24.3 Å². The Hall–Kier alpha value is -4.39. The van der Waals surface area contributed by atoms with Crippen molar-refractivity contribution >= 4 is 45.8 Å². The van der Waals surface area contributed by atoms with Gasteiger partial charge in [0.1, 0.15) is 5.65 Å². The first-order valence-corrected chi connectivity index (χ1v) is 10.8. The fourth-order valence-corrected chi connectivity index (χ4v) is 4.10. The average molecular weight is 437 g/mol. The van der Waals surface area contributed by atoms with E-state index in [0.29, 0.717) is 29.9 Å². The molecular weight excluding hydrogens is 412 g/mol. The molecule has 0 bridgehead atoms. The van der Waals surface area contributed by atoms with Gasteiger partial charge in [-0.3, -0.25) is 4.79 Å². The lowest BCUT2D eigenvalue weighted by molar-refractivity contribution is 0.0773. The Labute approximate surface area is 191 Å². The largest absolute Gasteiger partial charge is 0.398 e. The van der Waals surface area contributed by atoms with Gasteiger partial charge in [-0.05, 0) is 54.5 Å². The molecule has 0 unspecified atom stereocenters. The van der Waals surface area contributed by atoms with Crippen molar-refractivity contribution in [2.24, 2.45) is 0 Å². The molecule has 4 aromatic rings. The first kappa shape index (κ1) is 20.5. The molecule has 7 heteroatoms. The van der Waals surface area contributed by atoms with Gasteiger partial charge in [-0.25, -0.2) is 4.98 Å². The topological polar surface area (TPSA) is 111 Å². The second-order valence-corrected chi connectivity index (χ2v) is 8.01. The van der Waals surface area contributed by atoms with Crippen LogP contribution in [-0.2, 0) is 0 Å². The number of fused-ring (bicyclic) bond motifs is 1. The molecule has 7 nitrogen and oxygen atoms in total. The van der Waals surface area contributed by atoms with Gasteiger partial charge in [0.25, 0.3) is 5.91 Å². The van der Waals surface area contributed by atoms with E-state index < -0.39 is 0 Å². The van der Waals surface area contributed by atoms with Gasteiger partial charge >= 0.3 is 0 Å². The number of aromatic amines is 1. The van der Waals surface area contributed by atoms with E-state index in [1.54, 1.807) is 12.3 Å². The van der Waals surface area contributed by atoms with Gasteiger partial charge in [-0.15, -0.1) is 0 Å². The van der Waals surface area contributed by atoms with E-state index in [2.05, 4.69) is 27.4 Å². The average Bonchev–Trinajstić information content (AvgIpc) is 3.31. The van der Waals surface area contributed by atoms with Crippen LogP contribution in [0, 0.1) is 5.41 Å². The van der Waals surface area contributed by atoms with Crippen LogP contribution in [0.15, 0.2) is 72.9 Å². The molecule has 2 aromatic carbocycles. The Morgan fingerprint density at radius 1 is 1.15 bits per heavy atom. The number of anilines is 3. The summed E-state index contributed by atoms with van der Waals surface area (Å²) in [6, 6.07) is 19.0. The highest BCUT2D eigenvalue weighted by Crippen LogP contribution is 2.31. The highest BCUT2D eigenvalue weighted by atomic mass is 16.2. The number of nitrogens with zero attached hydrogens (tertiary/aromatic N) is 2. The Bertz CT molecular complexity index is 1370. The number of pyridine rings is 1. The van der Waals surface area contributed by atoms with Crippen LogP contribution in [0.25, 0.3) is 16.6 Å². The third-order valence-corrected chi connectivity index (χ3v) is 5.92. The maximum absolute atomic E-state index is 12.7. The van der Waals surface area contributed by atoms with Crippen LogP contribution < -0.4 is 11.1 Å². The van der Waals surface area contributed by atoms with Crippen molar-refractivity contribution < 1.29 is 4.79 Å². The number of H-pyrrole nitrogens is 1. The van der Waals surface area contributed by atoms with Crippen molar-refractivity contribution in [2.75, 3.05) is 24.1 Å². The number of nitrogen functional groups attached to an aromatic ring is 1. The summed E-state index contributed by atoms with van der Waals surface area (Å²) in [7, 11) is 0. The smallest absolute Gasteiger partial charge is 0.254 e. The van der Waals surface area contributed by atoms with Crippen LogP contribution >= 0.6 is 0 Å². The molecule has 1 amide bonds. The minimum absolute atomic E-state index is 0.0588. The minimum Gasteiger partial charge on any atom is -0.398 e. The van der Waals surface area contributed by atoms with E-state index >= 15 is 0 Å². The second-order valence-electron chi connectivity index (χ2n) is 8.01. The van der Waals surface area contributed by atoms with Crippen molar-refractivity contribution in [3.8, 4) is 0 Å². The normalized spacial score (nSPS) is 13.6. The van der Waals surface area contributed by atoms with Crippen LogP contribution in [-0.4, -0.2) is 40.1 Å². The maximum atomic E-state index is 12.7. The van der Waals surface area contributed by atoms with Crippen molar-refractivity contribution in [1.82, 2.24) is 14.9 Å². The van der Waals surface area contributed by atoms with Gasteiger partial charge in [0.15, 0.2) is 0 Å². The Balaban J connectivity index is 1.38. The van der Waals surface area contributed by atoms with Crippen LogP contribution in [0.2, 0.25) is 0 Å². The summed E-state index contributed by atoms with van der Waals surface area (Å²) in [6.45, 7) is 1.25. The number of carbonyl (C=O) groups excluding carboxylic acids is 1. The molecule has 1 aliphatic rings. The van der Waals surface area contributed by atoms with Crippen LogP contribution in [0.1, 0.15) is 28.0 Å². The molecule has 0 saturated carbocycles. The number of carbonyl (C=O) groups is 1. The first-order chi connectivity index (χ1) is 16.1. The third kappa shape index (κ3) is 4.08. The van der Waals surface area contributed by atoms with E-state index in [1.165, 1.54) is 11.8 Å². The molecular formula is C26H24N6O. The number of hydrogen-bond donors (Lipinski definition) is 4. The lowest BCUT2D eigenvalue weighted by Crippen LogP contribution is -2.34. The number of hydrogen-bond acceptors (Lipinski definition) is 5. The standard InChI is InChI=1S/C26H24N6O/c27-16-19-14-20(6-7-22(19)28)30-23-8-11-29-25-21(23)15-24(31-25)17-9-12-32(13-10-17)26(33)18-4-2-1-3-5-18/h1-9,11,14-16,27H,10,12-13,28H2,(H2,29,30,31). The predicted molar refractivity (Wildman–Crippen MR) is 133 cm³/mol. The molecule has 5 N–H and O–H groups in total. The summed E-state index contributed by atoms with van der Waals surface area (Å²) < 4.78 is 0. The number of benzene rings is 2. The summed E-state index contributed by atoms with van der Waals surface area (Å²) in [5, 5.41) is 11.9. The summed E-state index contributed by atoms with van der Waals surface area (Å²) in [5.41, 5.74) is 12.6. The molecule has 0 saturated heterocycles. The van der Waals surface area contributed by atoms with Crippen molar-refractivity contribution in [3.05, 3.63) is 89.8 Å². The number of nitrogens with one attached hydrogen (secondary N) is 3. The van der Waals surface area contributed by atoms with Crippen LogP contribution in [0.4, 0.5) is 17.1 Å². The zero-order valence-corrected chi connectivity index (χ0v) is 18.0. The zero-order chi connectivity index (χ0) is 22.8. The molecule has 2 aromatic heterocycles. The fraction of sp³-hybridized carbons (Fsp3) is 0.115. The van der Waals surface area contributed by atoms with Gasteiger partial charge < -0.3 is 26.3 Å². The van der Waals surface area contributed by atoms with E-state index in [1.807, 2.05) is 53.4 Å². The van der Waals surface area contributed by atoms with Crippen molar-refractivity contribution in [3.63, 3.8) is 0 Å². The number of amides is 1. The first-order valence-electron chi connectivity index (χ1n) is 10.8. The third-order valence-electron chi connectivity index (χ3n) is 5.92. The van der Waals surface area contributed by atoms with E-state index in [9.17, 15) is 4.79 Å². The number of rotatable bonds is 5. The van der Waals surface area contributed by atoms with E-state index in [-0.39, 0.29) is 5.91 Å². The van der Waals surface area contributed by atoms with E-state index in [4.69, 9.17) is 11.1 Å². The highest BCUT2D eigenvalue weighted by Gasteiger charge is 2.20. The van der Waals surface area contributed by atoms with Gasteiger partial charge in [0, 0.05) is 59.1 Å². The van der Waals surface area contributed by atoms with Crippen molar-refractivity contribution in [1.29, 1.82) is 5.41 Å².